The number of benzene rings is 3. The van der Waals surface area contributed by atoms with Crippen LogP contribution in [0.15, 0.2) is 85.2 Å². The Hall–Kier alpha value is -5.96. The molecule has 5 amide bonds. The van der Waals surface area contributed by atoms with Gasteiger partial charge in [0.25, 0.3) is 11.8 Å². The van der Waals surface area contributed by atoms with Crippen molar-refractivity contribution in [3.05, 3.63) is 107 Å². The molecular weight excluding hydrogens is 704 g/mol. The third-order valence-corrected chi connectivity index (χ3v) is 10.7. The topological polar surface area (TPSA) is 179 Å². The van der Waals surface area contributed by atoms with Crippen molar-refractivity contribution in [2.45, 2.75) is 43.9 Å². The summed E-state index contributed by atoms with van der Waals surface area (Å²) in [4.78, 5) is 70.7. The van der Waals surface area contributed by atoms with Crippen molar-refractivity contribution in [3.63, 3.8) is 0 Å². The number of nitrogens with one attached hydrogen (secondary N) is 3. The first-order valence-corrected chi connectivity index (χ1v) is 18.4. The summed E-state index contributed by atoms with van der Waals surface area (Å²) in [6, 6.07) is 21.7. The molecule has 0 saturated carbocycles. The Morgan fingerprint density at radius 1 is 0.927 bits per heavy atom. The molecule has 8 rings (SSSR count). The van der Waals surface area contributed by atoms with Gasteiger partial charge in [0.05, 0.1) is 30.4 Å². The number of piperidine rings is 1. The van der Waals surface area contributed by atoms with E-state index in [9.17, 15) is 29.1 Å². The van der Waals surface area contributed by atoms with E-state index in [1.165, 1.54) is 17.2 Å². The molecule has 4 atom stereocenters. The highest BCUT2D eigenvalue weighted by Gasteiger charge is 2.46. The largest absolute Gasteiger partial charge is 0.490 e. The van der Waals surface area contributed by atoms with Crippen molar-refractivity contribution >= 4 is 40.9 Å². The molecule has 0 spiro atoms. The molecule has 282 valence electrons. The van der Waals surface area contributed by atoms with E-state index in [4.69, 9.17) is 9.47 Å². The molecule has 0 radical (unpaired) electrons. The fraction of sp³-hybridized carbons (Fsp3) is 0.317. The van der Waals surface area contributed by atoms with Gasteiger partial charge in [0, 0.05) is 48.7 Å². The third-order valence-electron chi connectivity index (χ3n) is 10.7. The Morgan fingerprint density at radius 2 is 1.75 bits per heavy atom. The Labute approximate surface area is 316 Å². The molecule has 55 heavy (non-hydrogen) atoms. The molecule has 4 N–H and O–H groups in total. The molecule has 2 fully saturated rings. The quantitative estimate of drug-likeness (QED) is 0.123. The zero-order chi connectivity index (χ0) is 38.1. The number of aromatic nitrogens is 1. The van der Waals surface area contributed by atoms with Crippen molar-refractivity contribution in [1.82, 2.24) is 20.1 Å². The van der Waals surface area contributed by atoms with Crippen LogP contribution < -0.4 is 20.7 Å². The number of fused-ring (bicyclic) bond motifs is 4. The summed E-state index contributed by atoms with van der Waals surface area (Å²) < 4.78 is 11.4. The number of anilines is 2. The van der Waals surface area contributed by atoms with E-state index in [0.29, 0.717) is 5.69 Å². The highest BCUT2D eigenvalue weighted by molar-refractivity contribution is 6.24. The fourth-order valence-electron chi connectivity index (χ4n) is 8.19. The zero-order valence-corrected chi connectivity index (χ0v) is 29.9. The summed E-state index contributed by atoms with van der Waals surface area (Å²) in [6.07, 6.45) is 4.69. The van der Waals surface area contributed by atoms with Crippen LogP contribution in [0.5, 0.6) is 5.75 Å². The first-order valence-electron chi connectivity index (χ1n) is 18.4. The number of aliphatic hydroxyl groups excluding tert-OH is 1. The number of imide groups is 2. The van der Waals surface area contributed by atoms with Gasteiger partial charge in [0.2, 0.25) is 17.7 Å². The summed E-state index contributed by atoms with van der Waals surface area (Å²) in [6.45, 7) is 1.56. The van der Waals surface area contributed by atoms with Crippen LogP contribution in [0.25, 0.3) is 11.1 Å². The number of pyridine rings is 1. The monoisotopic (exact) mass is 744 g/mol. The van der Waals surface area contributed by atoms with Gasteiger partial charge >= 0.3 is 0 Å². The van der Waals surface area contributed by atoms with Gasteiger partial charge in [0.1, 0.15) is 25.0 Å². The van der Waals surface area contributed by atoms with Crippen LogP contribution in [-0.2, 0) is 25.7 Å². The minimum Gasteiger partial charge on any atom is -0.490 e. The number of carbonyl (C=O) groups is 5. The van der Waals surface area contributed by atoms with Crippen molar-refractivity contribution in [3.8, 4) is 16.9 Å². The minimum atomic E-state index is -1.08. The molecule has 4 aliphatic rings. The molecule has 4 aliphatic heterocycles. The number of carbonyl (C=O) groups excluding carboxylic acids is 5. The number of hydrogen-bond acceptors (Lipinski definition) is 11. The summed E-state index contributed by atoms with van der Waals surface area (Å²) >= 11 is 0. The summed E-state index contributed by atoms with van der Waals surface area (Å²) in [5.41, 5.74) is 6.12. The number of likely N-dealkylation sites (tertiary alicyclic amines) is 1. The van der Waals surface area contributed by atoms with E-state index >= 15 is 0 Å². The zero-order valence-electron chi connectivity index (χ0n) is 29.9. The van der Waals surface area contributed by atoms with E-state index in [-0.39, 0.29) is 80.1 Å². The normalized spacial score (nSPS) is 21.7. The predicted molar refractivity (Wildman–Crippen MR) is 200 cm³/mol. The molecule has 1 aromatic heterocycles. The lowest BCUT2D eigenvalue weighted by molar-refractivity contribution is -0.136. The van der Waals surface area contributed by atoms with Gasteiger partial charge in [-0.2, -0.15) is 0 Å². The van der Waals surface area contributed by atoms with Crippen LogP contribution in [0.2, 0.25) is 0 Å². The van der Waals surface area contributed by atoms with Gasteiger partial charge in [0.15, 0.2) is 0 Å². The highest BCUT2D eigenvalue weighted by Crippen LogP contribution is 2.48. The SMILES string of the molecule is O=C1CCC(N2C(=O)c3cccc(OCCOCC(=O)Nc4cccc(-c5ccc6c(c5)[C@H]5[C@H](CCN5Cc5ccncc5)[C@@H](CO)N6)c4)c3C2=O)C(=O)N1. The van der Waals surface area contributed by atoms with Crippen LogP contribution >= 0.6 is 0 Å². The lowest BCUT2D eigenvalue weighted by Crippen LogP contribution is -2.54. The molecular formula is C41H40N6O8. The predicted octanol–water partition coefficient (Wildman–Crippen LogP) is 3.53. The first-order chi connectivity index (χ1) is 26.8. The number of nitrogens with zero attached hydrogens (tertiary/aromatic N) is 3. The van der Waals surface area contributed by atoms with E-state index < -0.39 is 29.7 Å². The maximum atomic E-state index is 13.3. The minimum absolute atomic E-state index is 0.00677. The molecule has 3 aromatic carbocycles. The second-order valence-corrected chi connectivity index (χ2v) is 14.1. The molecule has 2 saturated heterocycles. The molecule has 4 aromatic rings. The standard InChI is InChI=1S/C41H40N6O8/c48-22-32-28-13-16-46(21-24-11-14-42-15-12-24)38(28)30-20-26(7-8-31(30)44-32)25-3-1-4-27(19-25)43-36(50)23-54-17-18-55-34-6-2-5-29-37(34)41(53)47(40(29)52)33-9-10-35(49)45-39(33)51/h1-8,11-12,14-15,19-20,28,32-33,38,44,48H,9-10,13,16-18,21-23H2,(H,43,50)(H,45,49,51)/t28-,32-,33?,38-/m1/s1. The van der Waals surface area contributed by atoms with E-state index in [1.807, 2.05) is 54.9 Å². The number of aliphatic hydroxyl groups is 1. The second-order valence-electron chi connectivity index (χ2n) is 14.1. The second kappa shape index (κ2) is 15.4. The highest BCUT2D eigenvalue weighted by atomic mass is 16.5. The average Bonchev–Trinajstić information content (AvgIpc) is 3.72. The number of rotatable bonds is 12. The maximum Gasteiger partial charge on any atom is 0.266 e. The number of amides is 5. The van der Waals surface area contributed by atoms with Gasteiger partial charge in [-0.05, 0) is 90.2 Å². The van der Waals surface area contributed by atoms with Crippen molar-refractivity contribution < 1.29 is 38.6 Å². The van der Waals surface area contributed by atoms with Crippen molar-refractivity contribution in [1.29, 1.82) is 0 Å². The van der Waals surface area contributed by atoms with Gasteiger partial charge in [-0.25, -0.2) is 0 Å². The maximum absolute atomic E-state index is 13.3. The van der Waals surface area contributed by atoms with Crippen LogP contribution in [0.1, 0.15) is 57.1 Å². The van der Waals surface area contributed by atoms with Crippen LogP contribution in [0.3, 0.4) is 0 Å². The molecule has 14 nitrogen and oxygen atoms in total. The summed E-state index contributed by atoms with van der Waals surface area (Å²) in [5, 5.41) is 18.9. The average molecular weight is 745 g/mol. The van der Waals surface area contributed by atoms with Crippen molar-refractivity contribution in [2.24, 2.45) is 5.92 Å². The van der Waals surface area contributed by atoms with Gasteiger partial charge in [-0.3, -0.25) is 44.1 Å². The first kappa shape index (κ1) is 36.0. The Morgan fingerprint density at radius 3 is 2.56 bits per heavy atom. The lowest BCUT2D eigenvalue weighted by atomic mass is 9.82. The third kappa shape index (κ3) is 7.19. The number of ether oxygens (including phenoxy) is 2. The van der Waals surface area contributed by atoms with Crippen LogP contribution in [0.4, 0.5) is 11.4 Å². The van der Waals surface area contributed by atoms with Crippen LogP contribution in [0, 0.1) is 5.92 Å². The smallest absolute Gasteiger partial charge is 0.266 e. The van der Waals surface area contributed by atoms with Crippen molar-refractivity contribution in [2.75, 3.05) is 43.6 Å². The molecule has 0 aliphatic carbocycles. The van der Waals surface area contributed by atoms with E-state index in [1.54, 1.807) is 12.1 Å². The van der Waals surface area contributed by atoms with Gasteiger partial charge in [-0.15, -0.1) is 0 Å². The summed E-state index contributed by atoms with van der Waals surface area (Å²) in [7, 11) is 0. The molecule has 5 heterocycles. The van der Waals surface area contributed by atoms with Gasteiger partial charge in [-0.1, -0.05) is 24.3 Å². The van der Waals surface area contributed by atoms with E-state index in [0.717, 1.165) is 41.2 Å². The van der Waals surface area contributed by atoms with Crippen LogP contribution in [-0.4, -0.2) is 94.5 Å². The Kier molecular flexibility index (Phi) is 10.1. The number of hydrogen-bond donors (Lipinski definition) is 4. The molecule has 14 heteroatoms. The Bertz CT molecular complexity index is 2160. The Balaban J connectivity index is 0.871. The van der Waals surface area contributed by atoms with Gasteiger partial charge < -0.3 is 25.2 Å². The lowest BCUT2D eigenvalue weighted by Gasteiger charge is -2.39. The van der Waals surface area contributed by atoms with E-state index in [2.05, 4.69) is 38.0 Å². The molecule has 0 bridgehead atoms. The fourth-order valence-corrected chi connectivity index (χ4v) is 8.19. The summed E-state index contributed by atoms with van der Waals surface area (Å²) in [5.74, 6) is -2.36. The molecule has 1 unspecified atom stereocenters.